The number of aromatic nitrogens is 1. The van der Waals surface area contributed by atoms with E-state index in [1.54, 1.807) is 36.5 Å². The van der Waals surface area contributed by atoms with Crippen molar-refractivity contribution < 1.29 is 14.3 Å². The summed E-state index contributed by atoms with van der Waals surface area (Å²) in [6.45, 7) is 4.04. The number of unbranched alkanes of at least 4 members (excludes halogenated alkanes) is 6. The van der Waals surface area contributed by atoms with Crippen molar-refractivity contribution in [2.24, 2.45) is 0 Å². The van der Waals surface area contributed by atoms with Crippen LogP contribution >= 0.6 is 0 Å². The van der Waals surface area contributed by atoms with Gasteiger partial charge in [0.15, 0.2) is 0 Å². The summed E-state index contributed by atoms with van der Waals surface area (Å²) in [6, 6.07) is 10.5. The Morgan fingerprint density at radius 2 is 1.67 bits per heavy atom. The first-order chi connectivity index (χ1) is 13.1. The van der Waals surface area contributed by atoms with E-state index in [2.05, 4.69) is 11.9 Å². The molecule has 4 heteroatoms. The van der Waals surface area contributed by atoms with Crippen molar-refractivity contribution in [3.05, 3.63) is 59.4 Å². The molecule has 0 fully saturated rings. The van der Waals surface area contributed by atoms with E-state index in [1.165, 1.54) is 25.7 Å². The largest absolute Gasteiger partial charge is 0.426 e. The van der Waals surface area contributed by atoms with Crippen LogP contribution in [0.5, 0.6) is 5.75 Å². The molecule has 0 saturated carbocycles. The molecule has 1 aromatic carbocycles. The number of pyridine rings is 1. The highest BCUT2D eigenvalue weighted by Gasteiger charge is 2.20. The number of carbonyl (C=O) groups excluding carboxylic acids is 2. The third kappa shape index (κ3) is 6.63. The fourth-order valence-corrected chi connectivity index (χ4v) is 3.04. The maximum atomic E-state index is 12.8. The number of carbonyl (C=O) groups is 2. The molecule has 0 unspecified atom stereocenters. The third-order valence-corrected chi connectivity index (χ3v) is 4.57. The third-order valence-electron chi connectivity index (χ3n) is 4.57. The number of ether oxygens (including phenoxy) is 1. The van der Waals surface area contributed by atoms with E-state index < -0.39 is 0 Å². The molecule has 0 atom stereocenters. The van der Waals surface area contributed by atoms with Crippen molar-refractivity contribution in [3.8, 4) is 5.75 Å². The number of hydrogen-bond acceptors (Lipinski definition) is 4. The molecule has 0 aliphatic heterocycles. The Balaban J connectivity index is 1.94. The second-order valence-electron chi connectivity index (χ2n) is 6.84. The minimum Gasteiger partial charge on any atom is -0.426 e. The van der Waals surface area contributed by atoms with Crippen LogP contribution in [0, 0.1) is 6.92 Å². The van der Waals surface area contributed by atoms with Crippen molar-refractivity contribution in [1.29, 1.82) is 0 Å². The summed E-state index contributed by atoms with van der Waals surface area (Å²) in [7, 11) is 0. The lowest BCUT2D eigenvalue weighted by atomic mass is 10.0. The van der Waals surface area contributed by atoms with Crippen LogP contribution in [0.15, 0.2) is 42.6 Å². The van der Waals surface area contributed by atoms with Gasteiger partial charge in [0.1, 0.15) is 11.4 Å². The number of esters is 1. The lowest BCUT2D eigenvalue weighted by Gasteiger charge is -2.11. The summed E-state index contributed by atoms with van der Waals surface area (Å²) in [4.78, 5) is 29.1. The van der Waals surface area contributed by atoms with Gasteiger partial charge in [-0.2, -0.15) is 0 Å². The van der Waals surface area contributed by atoms with Crippen molar-refractivity contribution in [2.75, 3.05) is 0 Å². The molecule has 0 radical (unpaired) electrons. The fraction of sp³-hybridized carbons (Fsp3) is 0.435. The van der Waals surface area contributed by atoms with E-state index in [0.717, 1.165) is 24.8 Å². The van der Waals surface area contributed by atoms with Crippen LogP contribution in [0.1, 0.15) is 79.9 Å². The molecule has 144 valence electrons. The molecule has 0 bridgehead atoms. The first-order valence-electron chi connectivity index (χ1n) is 9.89. The average molecular weight is 367 g/mol. The van der Waals surface area contributed by atoms with E-state index in [1.807, 2.05) is 13.0 Å². The van der Waals surface area contributed by atoms with Gasteiger partial charge in [-0.1, -0.05) is 63.6 Å². The van der Waals surface area contributed by atoms with Crippen LogP contribution in [0.3, 0.4) is 0 Å². The smallest absolute Gasteiger partial charge is 0.311 e. The zero-order valence-electron chi connectivity index (χ0n) is 16.4. The van der Waals surface area contributed by atoms with Gasteiger partial charge in [-0.05, 0) is 37.1 Å². The molecule has 0 aliphatic rings. The van der Waals surface area contributed by atoms with Crippen LogP contribution in [-0.4, -0.2) is 16.7 Å². The highest BCUT2D eigenvalue weighted by atomic mass is 16.5. The Bertz CT molecular complexity index is 741. The molecule has 4 nitrogen and oxygen atoms in total. The van der Waals surface area contributed by atoms with Crippen molar-refractivity contribution in [1.82, 2.24) is 4.98 Å². The molecule has 0 saturated heterocycles. The van der Waals surface area contributed by atoms with Gasteiger partial charge in [0.05, 0.1) is 5.56 Å². The summed E-state index contributed by atoms with van der Waals surface area (Å²) in [6.07, 6.45) is 9.97. The molecule has 0 N–H and O–H groups in total. The lowest BCUT2D eigenvalue weighted by Crippen LogP contribution is -2.13. The van der Waals surface area contributed by atoms with Crippen LogP contribution in [0.25, 0.3) is 0 Å². The zero-order chi connectivity index (χ0) is 19.5. The van der Waals surface area contributed by atoms with Gasteiger partial charge < -0.3 is 4.74 Å². The maximum absolute atomic E-state index is 12.8. The highest BCUT2D eigenvalue weighted by Crippen LogP contribution is 2.25. The van der Waals surface area contributed by atoms with Gasteiger partial charge in [-0.25, -0.2) is 0 Å². The topological polar surface area (TPSA) is 56.3 Å². The van der Waals surface area contributed by atoms with Crippen LogP contribution in [0.4, 0.5) is 0 Å². The number of nitrogens with zero attached hydrogens (tertiary/aromatic N) is 1. The first kappa shape index (κ1) is 20.8. The quantitative estimate of drug-likeness (QED) is 0.222. The standard InChI is InChI=1S/C23H29NO3/c1-3-4-5-6-7-8-9-16-21(25)27-20-15-12-13-18(2)22(20)23(26)19-14-10-11-17-24-19/h10-15,17H,3-9,16H2,1-2H3. The predicted molar refractivity (Wildman–Crippen MR) is 107 cm³/mol. The molecular weight excluding hydrogens is 338 g/mol. The normalized spacial score (nSPS) is 10.6. The molecule has 27 heavy (non-hydrogen) atoms. The van der Waals surface area contributed by atoms with Crippen LogP contribution in [0.2, 0.25) is 0 Å². The van der Waals surface area contributed by atoms with Crippen molar-refractivity contribution in [3.63, 3.8) is 0 Å². The summed E-state index contributed by atoms with van der Waals surface area (Å²) in [5, 5.41) is 0. The number of rotatable bonds is 11. The molecule has 2 aromatic rings. The summed E-state index contributed by atoms with van der Waals surface area (Å²) in [5.41, 5.74) is 1.52. The number of aryl methyl sites for hydroxylation is 1. The van der Waals surface area contributed by atoms with Crippen LogP contribution in [-0.2, 0) is 4.79 Å². The van der Waals surface area contributed by atoms with E-state index in [4.69, 9.17) is 4.74 Å². The second-order valence-corrected chi connectivity index (χ2v) is 6.84. The van der Waals surface area contributed by atoms with Crippen LogP contribution < -0.4 is 4.74 Å². The SMILES string of the molecule is CCCCCCCCCC(=O)Oc1cccc(C)c1C(=O)c1ccccn1. The molecule has 2 rings (SSSR count). The zero-order valence-corrected chi connectivity index (χ0v) is 16.4. The van der Waals surface area contributed by atoms with Gasteiger partial charge in [-0.15, -0.1) is 0 Å². The number of hydrogen-bond donors (Lipinski definition) is 0. The minimum absolute atomic E-state index is 0.229. The Morgan fingerprint density at radius 1 is 0.926 bits per heavy atom. The minimum atomic E-state index is -0.288. The monoisotopic (exact) mass is 367 g/mol. The van der Waals surface area contributed by atoms with E-state index in [9.17, 15) is 9.59 Å². The molecular formula is C23H29NO3. The summed E-state index contributed by atoms with van der Waals surface area (Å²) >= 11 is 0. The Hall–Kier alpha value is -2.49. The van der Waals surface area contributed by atoms with Crippen molar-refractivity contribution >= 4 is 11.8 Å². The Kier molecular flexibility index (Phi) is 8.69. The number of ketones is 1. The van der Waals surface area contributed by atoms with Gasteiger partial charge in [0.25, 0.3) is 0 Å². The van der Waals surface area contributed by atoms with Gasteiger partial charge in [0, 0.05) is 12.6 Å². The van der Waals surface area contributed by atoms with Gasteiger partial charge in [-0.3, -0.25) is 14.6 Å². The van der Waals surface area contributed by atoms with Gasteiger partial charge >= 0.3 is 5.97 Å². The molecule has 0 aliphatic carbocycles. The maximum Gasteiger partial charge on any atom is 0.311 e. The average Bonchev–Trinajstić information content (AvgIpc) is 2.68. The Morgan fingerprint density at radius 3 is 2.37 bits per heavy atom. The molecule has 0 spiro atoms. The van der Waals surface area contributed by atoms with E-state index >= 15 is 0 Å². The van der Waals surface area contributed by atoms with E-state index in [0.29, 0.717) is 23.4 Å². The first-order valence-corrected chi connectivity index (χ1v) is 9.89. The fourth-order valence-electron chi connectivity index (χ4n) is 3.04. The Labute approximate surface area is 162 Å². The van der Waals surface area contributed by atoms with Crippen molar-refractivity contribution in [2.45, 2.75) is 65.2 Å². The lowest BCUT2D eigenvalue weighted by molar-refractivity contribution is -0.134. The van der Waals surface area contributed by atoms with E-state index in [-0.39, 0.29) is 11.8 Å². The molecule has 0 amide bonds. The van der Waals surface area contributed by atoms with Gasteiger partial charge in [0.2, 0.25) is 5.78 Å². The predicted octanol–water partition coefficient (Wildman–Crippen LogP) is 5.67. The highest BCUT2D eigenvalue weighted by molar-refractivity contribution is 6.10. The second kappa shape index (κ2) is 11.3. The number of benzene rings is 1. The summed E-state index contributed by atoms with van der Waals surface area (Å²) < 4.78 is 5.53. The molecule has 1 heterocycles. The molecule has 1 aromatic heterocycles. The summed E-state index contributed by atoms with van der Waals surface area (Å²) in [5.74, 6) is -0.199.